The number of nitrogens with two attached hydrogens (primary N) is 1. The molecule has 0 spiro atoms. The van der Waals surface area contributed by atoms with Crippen LogP contribution >= 0.6 is 11.8 Å². The fourth-order valence-corrected chi connectivity index (χ4v) is 1.97. The van der Waals surface area contributed by atoms with Crippen molar-refractivity contribution in [3.63, 3.8) is 0 Å². The van der Waals surface area contributed by atoms with Crippen molar-refractivity contribution in [2.45, 2.75) is 17.0 Å². The standard InChI is InChI=1S/C10H8F2N2OS/c1-5-4-15-10(14-5)16-8-3-6(11)2-7(12)9(8)13/h2-4H,13H2,1H3. The Morgan fingerprint density at radius 1 is 1.38 bits per heavy atom. The van der Waals surface area contributed by atoms with Crippen LogP contribution in [0, 0.1) is 18.6 Å². The molecule has 0 saturated carbocycles. The van der Waals surface area contributed by atoms with Crippen LogP contribution in [0.3, 0.4) is 0 Å². The van der Waals surface area contributed by atoms with Crippen molar-refractivity contribution in [1.29, 1.82) is 0 Å². The first-order valence-electron chi connectivity index (χ1n) is 4.41. The predicted octanol–water partition coefficient (Wildman–Crippen LogP) is 2.99. The number of hydrogen-bond acceptors (Lipinski definition) is 4. The molecule has 0 bridgehead atoms. The van der Waals surface area contributed by atoms with Crippen LogP contribution in [0.4, 0.5) is 14.5 Å². The first kappa shape index (κ1) is 10.9. The minimum Gasteiger partial charge on any atom is -0.439 e. The SMILES string of the molecule is Cc1coc(Sc2cc(F)cc(F)c2N)n1. The second kappa shape index (κ2) is 4.13. The third-order valence-electron chi connectivity index (χ3n) is 1.85. The number of nitrogens with zero attached hydrogens (tertiary/aromatic N) is 1. The third kappa shape index (κ3) is 2.16. The highest BCUT2D eigenvalue weighted by molar-refractivity contribution is 7.99. The molecule has 0 aliphatic heterocycles. The topological polar surface area (TPSA) is 52.0 Å². The van der Waals surface area contributed by atoms with E-state index >= 15 is 0 Å². The summed E-state index contributed by atoms with van der Waals surface area (Å²) in [5.41, 5.74) is 6.06. The molecule has 0 aliphatic rings. The minimum atomic E-state index is -0.786. The summed E-state index contributed by atoms with van der Waals surface area (Å²) in [6, 6.07) is 1.88. The molecule has 0 amide bonds. The van der Waals surface area contributed by atoms with Crippen LogP contribution in [-0.2, 0) is 0 Å². The van der Waals surface area contributed by atoms with Crippen molar-refractivity contribution in [1.82, 2.24) is 4.98 Å². The van der Waals surface area contributed by atoms with Gasteiger partial charge in [-0.25, -0.2) is 13.8 Å². The van der Waals surface area contributed by atoms with Crippen molar-refractivity contribution in [2.75, 3.05) is 5.73 Å². The number of nitrogen functional groups attached to an aromatic ring is 1. The Balaban J connectivity index is 2.34. The lowest BCUT2D eigenvalue weighted by Gasteiger charge is -2.03. The second-order valence-corrected chi connectivity index (χ2v) is 4.15. The first-order chi connectivity index (χ1) is 7.56. The molecule has 1 aromatic carbocycles. The number of aryl methyl sites for hydroxylation is 1. The van der Waals surface area contributed by atoms with Gasteiger partial charge < -0.3 is 10.2 Å². The van der Waals surface area contributed by atoms with Crippen molar-refractivity contribution in [2.24, 2.45) is 0 Å². The van der Waals surface area contributed by atoms with Crippen LogP contribution in [0.15, 0.2) is 32.9 Å². The average molecular weight is 242 g/mol. The van der Waals surface area contributed by atoms with Crippen LogP contribution in [0.5, 0.6) is 0 Å². The summed E-state index contributed by atoms with van der Waals surface area (Å²) in [7, 11) is 0. The van der Waals surface area contributed by atoms with Crippen LogP contribution in [-0.4, -0.2) is 4.98 Å². The summed E-state index contributed by atoms with van der Waals surface area (Å²) in [6.07, 6.45) is 1.45. The summed E-state index contributed by atoms with van der Waals surface area (Å²) >= 11 is 0.981. The molecule has 2 rings (SSSR count). The summed E-state index contributed by atoms with van der Waals surface area (Å²) < 4.78 is 31.1. The molecule has 6 heteroatoms. The monoisotopic (exact) mass is 242 g/mol. The van der Waals surface area contributed by atoms with Gasteiger partial charge in [-0.05, 0) is 24.8 Å². The largest absolute Gasteiger partial charge is 0.439 e. The Morgan fingerprint density at radius 3 is 2.75 bits per heavy atom. The number of rotatable bonds is 2. The van der Waals surface area contributed by atoms with Gasteiger partial charge in [0.15, 0.2) is 0 Å². The fraction of sp³-hybridized carbons (Fsp3) is 0.100. The molecule has 2 N–H and O–H groups in total. The van der Waals surface area contributed by atoms with E-state index in [4.69, 9.17) is 10.2 Å². The smallest absolute Gasteiger partial charge is 0.260 e. The highest BCUT2D eigenvalue weighted by Crippen LogP contribution is 2.33. The fourth-order valence-electron chi connectivity index (χ4n) is 1.12. The van der Waals surface area contributed by atoms with E-state index in [1.165, 1.54) is 6.26 Å². The van der Waals surface area contributed by atoms with Crippen LogP contribution < -0.4 is 5.73 Å². The number of anilines is 1. The lowest BCUT2D eigenvalue weighted by Crippen LogP contribution is -1.95. The highest BCUT2D eigenvalue weighted by Gasteiger charge is 2.12. The van der Waals surface area contributed by atoms with Gasteiger partial charge in [-0.2, -0.15) is 0 Å². The van der Waals surface area contributed by atoms with Crippen molar-refractivity contribution < 1.29 is 13.2 Å². The lowest BCUT2D eigenvalue weighted by molar-refractivity contribution is 0.454. The summed E-state index contributed by atoms with van der Waals surface area (Å²) in [5, 5.41) is 0.300. The first-order valence-corrected chi connectivity index (χ1v) is 5.22. The number of aromatic nitrogens is 1. The Bertz CT molecular complexity index is 528. The molecular formula is C10H8F2N2OS. The Hall–Kier alpha value is -1.56. The normalized spacial score (nSPS) is 10.7. The summed E-state index contributed by atoms with van der Waals surface area (Å²) in [4.78, 5) is 4.25. The molecule has 0 atom stereocenters. The maximum Gasteiger partial charge on any atom is 0.260 e. The molecule has 0 saturated heterocycles. The molecule has 3 nitrogen and oxygen atoms in total. The van der Waals surface area contributed by atoms with Crippen molar-refractivity contribution in [3.05, 3.63) is 35.7 Å². The van der Waals surface area contributed by atoms with Gasteiger partial charge >= 0.3 is 0 Å². The van der Waals surface area contributed by atoms with E-state index in [0.29, 0.717) is 10.9 Å². The Labute approximate surface area is 94.7 Å². The summed E-state index contributed by atoms with van der Waals surface area (Å²) in [5.74, 6) is -1.47. The molecule has 0 aliphatic carbocycles. The zero-order chi connectivity index (χ0) is 11.7. The molecule has 16 heavy (non-hydrogen) atoms. The van der Waals surface area contributed by atoms with Crippen LogP contribution in [0.25, 0.3) is 0 Å². The number of benzene rings is 1. The van der Waals surface area contributed by atoms with E-state index in [1.54, 1.807) is 6.92 Å². The van der Waals surface area contributed by atoms with Gasteiger partial charge in [0.25, 0.3) is 5.22 Å². The highest BCUT2D eigenvalue weighted by atomic mass is 32.2. The van der Waals surface area contributed by atoms with Crippen LogP contribution in [0.1, 0.15) is 5.69 Å². The van der Waals surface area contributed by atoms with Gasteiger partial charge in [-0.15, -0.1) is 0 Å². The van der Waals surface area contributed by atoms with E-state index in [1.807, 2.05) is 0 Å². The Morgan fingerprint density at radius 2 is 2.12 bits per heavy atom. The quantitative estimate of drug-likeness (QED) is 0.822. The van der Waals surface area contributed by atoms with Gasteiger partial charge in [0.1, 0.15) is 17.9 Å². The van der Waals surface area contributed by atoms with Gasteiger partial charge in [0.2, 0.25) is 0 Å². The van der Waals surface area contributed by atoms with Gasteiger partial charge in [0, 0.05) is 11.0 Å². The summed E-state index contributed by atoms with van der Waals surface area (Å²) in [6.45, 7) is 1.75. The molecule has 0 radical (unpaired) electrons. The Kier molecular flexibility index (Phi) is 2.82. The predicted molar refractivity (Wildman–Crippen MR) is 56.1 cm³/mol. The zero-order valence-corrected chi connectivity index (χ0v) is 9.15. The number of oxazole rings is 1. The van der Waals surface area contributed by atoms with Gasteiger partial charge in [-0.1, -0.05) is 0 Å². The zero-order valence-electron chi connectivity index (χ0n) is 8.33. The molecule has 1 aromatic heterocycles. The third-order valence-corrected chi connectivity index (χ3v) is 2.77. The van der Waals surface area contributed by atoms with Crippen LogP contribution in [0.2, 0.25) is 0 Å². The van der Waals surface area contributed by atoms with Crippen molar-refractivity contribution >= 4 is 17.4 Å². The maximum absolute atomic E-state index is 13.1. The second-order valence-electron chi connectivity index (χ2n) is 3.16. The van der Waals surface area contributed by atoms with Gasteiger partial charge in [0.05, 0.1) is 11.4 Å². The molecular weight excluding hydrogens is 234 g/mol. The van der Waals surface area contributed by atoms with Crippen molar-refractivity contribution in [3.8, 4) is 0 Å². The molecule has 1 heterocycles. The van der Waals surface area contributed by atoms with E-state index in [9.17, 15) is 8.78 Å². The molecule has 2 aromatic rings. The molecule has 84 valence electrons. The van der Waals surface area contributed by atoms with Gasteiger partial charge in [-0.3, -0.25) is 0 Å². The molecule has 0 fully saturated rings. The number of halogens is 2. The molecule has 0 unspecified atom stereocenters. The lowest BCUT2D eigenvalue weighted by atomic mass is 10.3. The maximum atomic E-state index is 13.1. The van der Waals surface area contributed by atoms with E-state index in [-0.39, 0.29) is 10.6 Å². The minimum absolute atomic E-state index is 0.109. The van der Waals surface area contributed by atoms with E-state index in [2.05, 4.69) is 4.98 Å². The number of hydrogen-bond donors (Lipinski definition) is 1. The van der Waals surface area contributed by atoms with E-state index < -0.39 is 11.6 Å². The van der Waals surface area contributed by atoms with E-state index in [0.717, 1.165) is 23.9 Å². The average Bonchev–Trinajstić information content (AvgIpc) is 2.60.